The molecule has 1 aromatic carbocycles. The van der Waals surface area contributed by atoms with Gasteiger partial charge >= 0.3 is 0 Å². The van der Waals surface area contributed by atoms with Crippen molar-refractivity contribution in [1.29, 1.82) is 0 Å². The highest BCUT2D eigenvalue weighted by molar-refractivity contribution is 9.18. The quantitative estimate of drug-likeness (QED) is 0.557. The molecule has 88 valence electrons. The van der Waals surface area contributed by atoms with Gasteiger partial charge in [-0.2, -0.15) is 0 Å². The molecule has 16 heavy (non-hydrogen) atoms. The Morgan fingerprint density at radius 3 is 2.38 bits per heavy atom. The van der Waals surface area contributed by atoms with Gasteiger partial charge in [-0.15, -0.1) is 0 Å². The Morgan fingerprint density at radius 2 is 1.88 bits per heavy atom. The highest BCUT2D eigenvalue weighted by Crippen LogP contribution is 2.32. The number of carbonyl (C=O) groups excluding carboxylic acids is 1. The van der Waals surface area contributed by atoms with Gasteiger partial charge in [0.2, 0.25) is 4.69 Å². The lowest BCUT2D eigenvalue weighted by molar-refractivity contribution is -0.115. The predicted octanol–water partition coefficient (Wildman–Crippen LogP) is 4.45. The van der Waals surface area contributed by atoms with E-state index in [1.54, 1.807) is 0 Å². The van der Waals surface area contributed by atoms with Crippen molar-refractivity contribution in [3.63, 3.8) is 0 Å². The second kappa shape index (κ2) is 6.19. The number of rotatable bonds is 6. The van der Waals surface area contributed by atoms with E-state index < -0.39 is 0 Å². The summed E-state index contributed by atoms with van der Waals surface area (Å²) in [6.45, 7) is 4.20. The molecular formula is C14H19BrO. The maximum atomic E-state index is 11.8. The summed E-state index contributed by atoms with van der Waals surface area (Å²) in [5, 5.41) is 0. The normalized spacial score (nSPS) is 14.4. The number of hydrogen-bond donors (Lipinski definition) is 0. The zero-order valence-corrected chi connectivity index (χ0v) is 11.6. The van der Waals surface area contributed by atoms with Gasteiger partial charge < -0.3 is 0 Å². The van der Waals surface area contributed by atoms with Crippen molar-refractivity contribution in [1.82, 2.24) is 0 Å². The van der Waals surface area contributed by atoms with Gasteiger partial charge in [-0.05, 0) is 34.8 Å². The van der Waals surface area contributed by atoms with Gasteiger partial charge in [0.15, 0.2) is 0 Å². The second-order valence-corrected chi connectivity index (χ2v) is 5.15. The molecule has 0 saturated heterocycles. The molecule has 0 amide bonds. The van der Waals surface area contributed by atoms with Crippen molar-refractivity contribution in [2.75, 3.05) is 0 Å². The first-order chi connectivity index (χ1) is 7.61. The molecule has 0 aliphatic heterocycles. The molecule has 1 unspecified atom stereocenters. The summed E-state index contributed by atoms with van der Waals surface area (Å²) >= 11 is 3.15. The Labute approximate surface area is 106 Å². The first kappa shape index (κ1) is 13.4. The minimum atomic E-state index is -0.379. The van der Waals surface area contributed by atoms with Crippen LogP contribution in [-0.2, 0) is 10.2 Å². The molecule has 0 aliphatic rings. The number of hydrogen-bond acceptors (Lipinski definition) is 1. The highest BCUT2D eigenvalue weighted by atomic mass is 79.9. The first-order valence-corrected chi connectivity index (χ1v) is 6.66. The fraction of sp³-hybridized carbons (Fsp3) is 0.500. The van der Waals surface area contributed by atoms with Gasteiger partial charge in [-0.1, -0.05) is 56.5 Å². The molecule has 2 heteroatoms. The Balaban J connectivity index is 2.85. The molecule has 1 rings (SSSR count). The summed E-state index contributed by atoms with van der Waals surface area (Å²) in [4.78, 5) is 11.8. The largest absolute Gasteiger partial charge is 0.286 e. The molecule has 0 aromatic heterocycles. The fourth-order valence-corrected chi connectivity index (χ4v) is 2.32. The number of carbonyl (C=O) groups is 1. The first-order valence-electron chi connectivity index (χ1n) is 5.86. The van der Waals surface area contributed by atoms with E-state index >= 15 is 0 Å². The minimum Gasteiger partial charge on any atom is -0.286 e. The summed E-state index contributed by atoms with van der Waals surface area (Å²) in [5.41, 5.74) is 0.726. The molecule has 0 aliphatic carbocycles. The number of benzene rings is 1. The molecule has 0 bridgehead atoms. The van der Waals surface area contributed by atoms with Gasteiger partial charge in [-0.25, -0.2) is 0 Å². The molecule has 0 fully saturated rings. The summed E-state index contributed by atoms with van der Waals surface area (Å²) in [7, 11) is 0. The van der Waals surface area contributed by atoms with Gasteiger partial charge in [0.1, 0.15) is 0 Å². The molecule has 0 N–H and O–H groups in total. The maximum absolute atomic E-state index is 11.8. The van der Waals surface area contributed by atoms with Crippen molar-refractivity contribution < 1.29 is 4.79 Å². The average Bonchev–Trinajstić information content (AvgIpc) is 2.30. The van der Waals surface area contributed by atoms with Crippen molar-refractivity contribution in [3.8, 4) is 0 Å². The SMILES string of the molecule is CCCCCC(C)(C(=O)Br)c1ccccc1. The van der Waals surface area contributed by atoms with Crippen LogP contribution >= 0.6 is 15.9 Å². The summed E-state index contributed by atoms with van der Waals surface area (Å²) < 4.78 is 0.0855. The predicted molar refractivity (Wildman–Crippen MR) is 71.9 cm³/mol. The van der Waals surface area contributed by atoms with E-state index in [-0.39, 0.29) is 10.1 Å². The average molecular weight is 283 g/mol. The van der Waals surface area contributed by atoms with Gasteiger partial charge in [0, 0.05) is 0 Å². The molecule has 0 heterocycles. The highest BCUT2D eigenvalue weighted by Gasteiger charge is 2.32. The van der Waals surface area contributed by atoms with Crippen LogP contribution in [0.4, 0.5) is 0 Å². The minimum absolute atomic E-state index is 0.0855. The van der Waals surface area contributed by atoms with Crippen LogP contribution in [0.5, 0.6) is 0 Å². The molecule has 1 atom stereocenters. The van der Waals surface area contributed by atoms with E-state index in [1.165, 1.54) is 12.8 Å². The Hall–Kier alpha value is -0.630. The lowest BCUT2D eigenvalue weighted by Crippen LogP contribution is -2.28. The van der Waals surface area contributed by atoms with E-state index in [4.69, 9.17) is 0 Å². The molecular weight excluding hydrogens is 264 g/mol. The zero-order valence-electron chi connectivity index (χ0n) is 10.0. The molecule has 0 radical (unpaired) electrons. The maximum Gasteiger partial charge on any atom is 0.208 e. The van der Waals surface area contributed by atoms with Gasteiger partial charge in [0.05, 0.1) is 5.41 Å². The monoisotopic (exact) mass is 282 g/mol. The summed E-state index contributed by atoms with van der Waals surface area (Å²) in [6.07, 6.45) is 4.37. The summed E-state index contributed by atoms with van der Waals surface area (Å²) in [6, 6.07) is 10.0. The van der Waals surface area contributed by atoms with E-state index in [0.717, 1.165) is 18.4 Å². The van der Waals surface area contributed by atoms with E-state index in [0.29, 0.717) is 0 Å². The van der Waals surface area contributed by atoms with Crippen molar-refractivity contribution in [3.05, 3.63) is 35.9 Å². The van der Waals surface area contributed by atoms with Crippen LogP contribution in [0.2, 0.25) is 0 Å². The van der Waals surface area contributed by atoms with E-state index in [2.05, 4.69) is 22.9 Å². The topological polar surface area (TPSA) is 17.1 Å². The lowest BCUT2D eigenvalue weighted by Gasteiger charge is -2.26. The molecule has 0 spiro atoms. The summed E-state index contributed by atoms with van der Waals surface area (Å²) in [5.74, 6) is 0. The Bertz CT molecular complexity index is 334. The van der Waals surface area contributed by atoms with Crippen LogP contribution in [0.15, 0.2) is 30.3 Å². The second-order valence-electron chi connectivity index (χ2n) is 4.43. The van der Waals surface area contributed by atoms with Gasteiger partial charge in [-0.3, -0.25) is 4.79 Å². The smallest absolute Gasteiger partial charge is 0.208 e. The third kappa shape index (κ3) is 3.18. The number of unbranched alkanes of at least 4 members (excludes halogenated alkanes) is 2. The van der Waals surface area contributed by atoms with Crippen LogP contribution in [0.25, 0.3) is 0 Å². The van der Waals surface area contributed by atoms with Crippen molar-refractivity contribution in [2.24, 2.45) is 0 Å². The van der Waals surface area contributed by atoms with Gasteiger partial charge in [0.25, 0.3) is 0 Å². The van der Waals surface area contributed by atoms with Crippen LogP contribution in [0, 0.1) is 0 Å². The van der Waals surface area contributed by atoms with Crippen LogP contribution in [0.3, 0.4) is 0 Å². The molecule has 1 nitrogen and oxygen atoms in total. The van der Waals surface area contributed by atoms with Crippen LogP contribution in [0.1, 0.15) is 45.1 Å². The van der Waals surface area contributed by atoms with Crippen molar-refractivity contribution in [2.45, 2.75) is 44.9 Å². The Morgan fingerprint density at radius 1 is 1.25 bits per heavy atom. The zero-order chi connectivity index (χ0) is 12.0. The van der Waals surface area contributed by atoms with E-state index in [9.17, 15) is 4.79 Å². The fourth-order valence-electron chi connectivity index (χ4n) is 1.89. The number of halogens is 1. The lowest BCUT2D eigenvalue weighted by atomic mass is 9.79. The van der Waals surface area contributed by atoms with Crippen molar-refractivity contribution >= 4 is 20.6 Å². The third-order valence-electron chi connectivity index (χ3n) is 3.13. The third-order valence-corrected chi connectivity index (χ3v) is 4.00. The van der Waals surface area contributed by atoms with E-state index in [1.807, 2.05) is 37.3 Å². The van der Waals surface area contributed by atoms with Crippen LogP contribution < -0.4 is 0 Å². The molecule has 0 saturated carbocycles. The Kier molecular flexibility index (Phi) is 5.20. The molecule has 1 aromatic rings. The van der Waals surface area contributed by atoms with Crippen LogP contribution in [-0.4, -0.2) is 4.69 Å². The standard InChI is InChI=1S/C14H19BrO/c1-3-4-8-11-14(2,13(15)16)12-9-6-5-7-10-12/h5-7,9-10H,3-4,8,11H2,1-2H3.